The number of carbonyl (C=O) groups is 2. The first-order chi connectivity index (χ1) is 10.3. The highest BCUT2D eigenvalue weighted by Gasteiger charge is 2.20. The van der Waals surface area contributed by atoms with Crippen LogP contribution in [-0.2, 0) is 26.1 Å². The third-order valence-electron chi connectivity index (χ3n) is 2.84. The van der Waals surface area contributed by atoms with E-state index in [4.69, 9.17) is 4.55 Å². The number of nitrogens with one attached hydrogen (secondary N) is 1. The van der Waals surface area contributed by atoms with Crippen molar-refractivity contribution in [2.75, 3.05) is 18.1 Å². The molecular weight excluding hydrogens is 326 g/mol. The van der Waals surface area contributed by atoms with Crippen molar-refractivity contribution in [2.24, 2.45) is 5.92 Å². The molecule has 0 spiro atoms. The van der Waals surface area contributed by atoms with Gasteiger partial charge in [0.25, 0.3) is 10.1 Å². The predicted octanol–water partition coefficient (Wildman–Crippen LogP) is 1.13. The number of hydrogen-bond donors (Lipinski definition) is 2. The highest BCUT2D eigenvalue weighted by molar-refractivity contribution is 8.13. The molecule has 0 bridgehead atoms. The Bertz CT molecular complexity index is 601. The van der Waals surface area contributed by atoms with Crippen LogP contribution in [0.2, 0.25) is 0 Å². The molecule has 0 aromatic heterocycles. The van der Waals surface area contributed by atoms with Crippen LogP contribution < -0.4 is 5.32 Å². The zero-order valence-corrected chi connectivity index (χ0v) is 13.8. The number of carbonyl (C=O) groups excluding carboxylic acids is 2. The largest absolute Gasteiger partial charge is 0.355 e. The number of rotatable bonds is 8. The van der Waals surface area contributed by atoms with Gasteiger partial charge >= 0.3 is 0 Å². The van der Waals surface area contributed by atoms with Crippen LogP contribution in [0.5, 0.6) is 0 Å². The van der Waals surface area contributed by atoms with Crippen LogP contribution in [0.25, 0.3) is 0 Å². The minimum Gasteiger partial charge on any atom is -0.355 e. The topological polar surface area (TPSA) is 101 Å². The molecule has 2 N–H and O–H groups in total. The molecule has 0 aliphatic carbocycles. The van der Waals surface area contributed by atoms with Crippen LogP contribution in [0.4, 0.5) is 0 Å². The molecule has 22 heavy (non-hydrogen) atoms. The van der Waals surface area contributed by atoms with Crippen molar-refractivity contribution in [3.8, 4) is 0 Å². The molecule has 1 aromatic rings. The standard InChI is InChI=1S/C14H19NO5S2/c1-11(16)21-10-13(9-12-5-3-2-4-6-12)14(17)15-7-8-22(18,19)20/h2-6,13H,7-10H2,1H3,(H,15,17)(H,18,19,20)/t13-/m1/s1. The monoisotopic (exact) mass is 345 g/mol. The Morgan fingerprint density at radius 2 is 1.91 bits per heavy atom. The summed E-state index contributed by atoms with van der Waals surface area (Å²) in [6.07, 6.45) is 0.457. The Kier molecular flexibility index (Phi) is 7.57. The van der Waals surface area contributed by atoms with Gasteiger partial charge in [0.2, 0.25) is 5.91 Å². The van der Waals surface area contributed by atoms with Gasteiger partial charge in [-0.3, -0.25) is 14.1 Å². The summed E-state index contributed by atoms with van der Waals surface area (Å²) in [7, 11) is -4.10. The predicted molar refractivity (Wildman–Crippen MR) is 86.2 cm³/mol. The second-order valence-electron chi connectivity index (χ2n) is 4.77. The van der Waals surface area contributed by atoms with Crippen LogP contribution in [0.1, 0.15) is 12.5 Å². The van der Waals surface area contributed by atoms with E-state index in [1.54, 1.807) is 0 Å². The summed E-state index contributed by atoms with van der Waals surface area (Å²) in [4.78, 5) is 23.2. The maximum absolute atomic E-state index is 12.1. The van der Waals surface area contributed by atoms with Crippen LogP contribution in [0.15, 0.2) is 30.3 Å². The lowest BCUT2D eigenvalue weighted by Gasteiger charge is -2.16. The highest BCUT2D eigenvalue weighted by atomic mass is 32.2. The molecule has 0 saturated carbocycles. The molecule has 0 heterocycles. The second-order valence-corrected chi connectivity index (χ2v) is 7.54. The summed E-state index contributed by atoms with van der Waals surface area (Å²) in [5.74, 6) is -0.988. The van der Waals surface area contributed by atoms with Crippen molar-refractivity contribution < 1.29 is 22.6 Å². The van der Waals surface area contributed by atoms with E-state index in [-0.39, 0.29) is 17.6 Å². The minimum absolute atomic E-state index is 0.0798. The molecule has 8 heteroatoms. The smallest absolute Gasteiger partial charge is 0.266 e. The average molecular weight is 345 g/mol. The van der Waals surface area contributed by atoms with Crippen molar-refractivity contribution in [1.29, 1.82) is 0 Å². The Hall–Kier alpha value is -1.38. The summed E-state index contributed by atoms with van der Waals surface area (Å²) in [5.41, 5.74) is 0.960. The van der Waals surface area contributed by atoms with Gasteiger partial charge in [0.05, 0.1) is 11.7 Å². The van der Waals surface area contributed by atoms with E-state index in [0.717, 1.165) is 17.3 Å². The zero-order valence-electron chi connectivity index (χ0n) is 12.2. The molecule has 6 nitrogen and oxygen atoms in total. The lowest BCUT2D eigenvalue weighted by Crippen LogP contribution is -2.36. The first-order valence-electron chi connectivity index (χ1n) is 6.68. The number of thioether (sulfide) groups is 1. The Balaban J connectivity index is 2.63. The van der Waals surface area contributed by atoms with Crippen LogP contribution in [0.3, 0.4) is 0 Å². The lowest BCUT2D eigenvalue weighted by atomic mass is 10.0. The number of benzene rings is 1. The number of hydrogen-bond acceptors (Lipinski definition) is 5. The molecule has 0 unspecified atom stereocenters. The quantitative estimate of drug-likeness (QED) is 0.685. The van der Waals surface area contributed by atoms with Gasteiger partial charge in [-0.25, -0.2) is 0 Å². The SMILES string of the molecule is CC(=O)SC[C@@H](Cc1ccccc1)C(=O)NCCS(=O)(=O)O. The summed E-state index contributed by atoms with van der Waals surface area (Å²) in [6, 6.07) is 9.37. The summed E-state index contributed by atoms with van der Waals surface area (Å²) >= 11 is 1.06. The van der Waals surface area contributed by atoms with Crippen LogP contribution in [0, 0.1) is 5.92 Å². The Morgan fingerprint density at radius 1 is 1.27 bits per heavy atom. The van der Waals surface area contributed by atoms with Crippen molar-refractivity contribution in [1.82, 2.24) is 5.32 Å². The Morgan fingerprint density at radius 3 is 2.45 bits per heavy atom. The zero-order chi connectivity index (χ0) is 16.6. The molecular formula is C14H19NO5S2. The number of amides is 1. The van der Waals surface area contributed by atoms with E-state index in [0.29, 0.717) is 12.2 Å². The maximum Gasteiger partial charge on any atom is 0.266 e. The summed E-state index contributed by atoms with van der Waals surface area (Å²) in [5, 5.41) is 2.40. The highest BCUT2D eigenvalue weighted by Crippen LogP contribution is 2.15. The second kappa shape index (κ2) is 8.92. The fourth-order valence-corrected chi connectivity index (χ4v) is 2.86. The first-order valence-corrected chi connectivity index (χ1v) is 9.27. The van der Waals surface area contributed by atoms with Crippen molar-refractivity contribution in [2.45, 2.75) is 13.3 Å². The first kappa shape index (κ1) is 18.7. The maximum atomic E-state index is 12.1. The van der Waals surface area contributed by atoms with Gasteiger partial charge in [0, 0.05) is 19.2 Å². The van der Waals surface area contributed by atoms with Crippen molar-refractivity contribution in [3.05, 3.63) is 35.9 Å². The fourth-order valence-electron chi connectivity index (χ4n) is 1.79. The van der Waals surface area contributed by atoms with Gasteiger partial charge in [-0.1, -0.05) is 42.1 Å². The van der Waals surface area contributed by atoms with Gasteiger partial charge in [-0.15, -0.1) is 0 Å². The van der Waals surface area contributed by atoms with Crippen molar-refractivity contribution >= 4 is 32.9 Å². The third-order valence-corrected chi connectivity index (χ3v) is 4.54. The van der Waals surface area contributed by atoms with Crippen molar-refractivity contribution in [3.63, 3.8) is 0 Å². The van der Waals surface area contributed by atoms with E-state index < -0.39 is 21.8 Å². The summed E-state index contributed by atoms with van der Waals surface area (Å²) in [6.45, 7) is 1.27. The molecule has 1 aromatic carbocycles. The van der Waals surface area contributed by atoms with Gasteiger partial charge in [0.15, 0.2) is 5.12 Å². The van der Waals surface area contributed by atoms with Crippen LogP contribution in [-0.4, -0.2) is 42.0 Å². The molecule has 0 aliphatic heterocycles. The van der Waals surface area contributed by atoms with Gasteiger partial charge in [-0.05, 0) is 12.0 Å². The van der Waals surface area contributed by atoms with E-state index in [1.165, 1.54) is 6.92 Å². The Labute approximate surface area is 134 Å². The average Bonchev–Trinajstić information content (AvgIpc) is 2.42. The molecule has 122 valence electrons. The molecule has 1 amide bonds. The molecule has 1 atom stereocenters. The van der Waals surface area contributed by atoms with Gasteiger partial charge in [-0.2, -0.15) is 8.42 Å². The molecule has 0 saturated heterocycles. The molecule has 0 aliphatic rings. The molecule has 0 fully saturated rings. The van der Waals surface area contributed by atoms with E-state index >= 15 is 0 Å². The van der Waals surface area contributed by atoms with Gasteiger partial charge < -0.3 is 5.32 Å². The van der Waals surface area contributed by atoms with E-state index in [2.05, 4.69) is 5.32 Å². The van der Waals surface area contributed by atoms with E-state index in [9.17, 15) is 18.0 Å². The van der Waals surface area contributed by atoms with Gasteiger partial charge in [0.1, 0.15) is 0 Å². The minimum atomic E-state index is -4.10. The van der Waals surface area contributed by atoms with E-state index in [1.807, 2.05) is 30.3 Å². The fraction of sp³-hybridized carbons (Fsp3) is 0.429. The third kappa shape index (κ3) is 8.16. The molecule has 0 radical (unpaired) electrons. The van der Waals surface area contributed by atoms with Crippen LogP contribution >= 0.6 is 11.8 Å². The normalized spacial score (nSPS) is 12.6. The molecule has 1 rings (SSSR count). The lowest BCUT2D eigenvalue weighted by molar-refractivity contribution is -0.124. The summed E-state index contributed by atoms with van der Waals surface area (Å²) < 4.78 is 29.9.